The number of rotatable bonds is 0. The van der Waals surface area contributed by atoms with Crippen LogP contribution in [0.15, 0.2) is 0 Å². The average molecular weight is 169 g/mol. The van der Waals surface area contributed by atoms with Crippen LogP contribution in [-0.4, -0.2) is 25.0 Å². The maximum atomic E-state index is 2.46. The van der Waals surface area contributed by atoms with Crippen molar-refractivity contribution in [3.05, 3.63) is 0 Å². The van der Waals surface area contributed by atoms with Gasteiger partial charge < -0.3 is 4.90 Å². The minimum Gasteiger partial charge on any atom is -0.306 e. The Morgan fingerprint density at radius 3 is 1.75 bits per heavy atom. The van der Waals surface area contributed by atoms with E-state index in [1.165, 1.54) is 45.2 Å². The largest absolute Gasteiger partial charge is 0.306 e. The Morgan fingerprint density at radius 2 is 1.42 bits per heavy atom. The van der Waals surface area contributed by atoms with E-state index >= 15 is 0 Å². The number of piperidine rings is 1. The van der Waals surface area contributed by atoms with E-state index in [0.717, 1.165) is 5.41 Å². The summed E-state index contributed by atoms with van der Waals surface area (Å²) in [5.74, 6) is 0. The van der Waals surface area contributed by atoms with Crippen molar-refractivity contribution in [3.8, 4) is 0 Å². The van der Waals surface area contributed by atoms with E-state index in [0.29, 0.717) is 0 Å². The van der Waals surface area contributed by atoms with Crippen molar-refractivity contribution in [2.75, 3.05) is 20.1 Å². The molecule has 1 aliphatic carbocycles. The van der Waals surface area contributed by atoms with Crippen LogP contribution in [0.5, 0.6) is 0 Å². The van der Waals surface area contributed by atoms with Gasteiger partial charge in [0.15, 0.2) is 0 Å². The fourth-order valence-corrected chi connectivity index (χ4v) is 2.27. The van der Waals surface area contributed by atoms with Crippen LogP contribution in [0.1, 0.15) is 46.0 Å². The molecule has 0 amide bonds. The molecule has 0 atom stereocenters. The van der Waals surface area contributed by atoms with Gasteiger partial charge >= 0.3 is 0 Å². The summed E-state index contributed by atoms with van der Waals surface area (Å²) in [6.45, 7) is 6.69. The summed E-state index contributed by atoms with van der Waals surface area (Å²) in [7, 11) is 2.24. The quantitative estimate of drug-likeness (QED) is 0.539. The molecule has 1 nitrogen and oxygen atoms in total. The van der Waals surface area contributed by atoms with Gasteiger partial charge in [-0.1, -0.05) is 20.3 Å². The van der Waals surface area contributed by atoms with Gasteiger partial charge in [0.1, 0.15) is 0 Å². The third kappa shape index (κ3) is 2.01. The molecule has 1 aliphatic heterocycles. The van der Waals surface area contributed by atoms with E-state index < -0.39 is 0 Å². The van der Waals surface area contributed by atoms with E-state index in [2.05, 4.69) is 11.9 Å². The van der Waals surface area contributed by atoms with E-state index in [4.69, 9.17) is 0 Å². The molecule has 1 spiro atoms. The van der Waals surface area contributed by atoms with Crippen LogP contribution in [-0.2, 0) is 0 Å². The van der Waals surface area contributed by atoms with Gasteiger partial charge in [0, 0.05) is 0 Å². The number of hydrogen-bond acceptors (Lipinski definition) is 1. The third-order valence-corrected chi connectivity index (χ3v) is 3.46. The molecule has 1 saturated carbocycles. The van der Waals surface area contributed by atoms with Gasteiger partial charge in [-0.15, -0.1) is 0 Å². The molecular formula is C11H23N. The minimum absolute atomic E-state index is 0.840. The Hall–Kier alpha value is -0.0400. The second kappa shape index (κ2) is 4.27. The highest BCUT2D eigenvalue weighted by Crippen LogP contribution is 2.48. The number of hydrogen-bond donors (Lipinski definition) is 0. The molecule has 0 aromatic heterocycles. The average Bonchev–Trinajstić information content (AvgIpc) is 2.07. The van der Waals surface area contributed by atoms with Gasteiger partial charge in [-0.05, 0) is 51.2 Å². The first-order valence-corrected chi connectivity index (χ1v) is 5.49. The predicted octanol–water partition coefficient (Wildman–Crippen LogP) is 2.91. The van der Waals surface area contributed by atoms with Crippen molar-refractivity contribution in [2.45, 2.75) is 46.0 Å². The number of likely N-dealkylation sites (tertiary alicyclic amines) is 1. The summed E-state index contributed by atoms with van der Waals surface area (Å²) in [5.41, 5.74) is 0.840. The van der Waals surface area contributed by atoms with Gasteiger partial charge in [0.05, 0.1) is 0 Å². The zero-order chi connectivity index (χ0) is 9.03. The third-order valence-electron chi connectivity index (χ3n) is 3.46. The van der Waals surface area contributed by atoms with Gasteiger partial charge in [-0.3, -0.25) is 0 Å². The first-order valence-electron chi connectivity index (χ1n) is 5.49. The van der Waals surface area contributed by atoms with Crippen LogP contribution in [0, 0.1) is 5.41 Å². The molecule has 0 radical (unpaired) electrons. The molecule has 2 rings (SSSR count). The van der Waals surface area contributed by atoms with Crippen molar-refractivity contribution in [1.29, 1.82) is 0 Å². The van der Waals surface area contributed by atoms with Crippen molar-refractivity contribution >= 4 is 0 Å². The second-order valence-electron chi connectivity index (χ2n) is 4.16. The topological polar surface area (TPSA) is 3.24 Å². The molecule has 1 heteroatoms. The molecule has 1 heterocycles. The molecule has 2 fully saturated rings. The van der Waals surface area contributed by atoms with Crippen LogP contribution in [0.3, 0.4) is 0 Å². The Labute approximate surface area is 77.1 Å². The van der Waals surface area contributed by atoms with Crippen LogP contribution in [0.25, 0.3) is 0 Å². The first-order chi connectivity index (χ1) is 5.81. The standard InChI is InChI=1S/C9H17N.C2H6/c1-10-7-5-9(6-8-10)3-2-4-9;1-2/h2-8H2,1H3;1-2H3. The highest BCUT2D eigenvalue weighted by atomic mass is 15.1. The van der Waals surface area contributed by atoms with Gasteiger partial charge in [0.2, 0.25) is 0 Å². The second-order valence-corrected chi connectivity index (χ2v) is 4.16. The molecule has 1 saturated heterocycles. The maximum Gasteiger partial charge on any atom is -0.00165 e. The van der Waals surface area contributed by atoms with Crippen LogP contribution < -0.4 is 0 Å². The van der Waals surface area contributed by atoms with E-state index in [1.54, 1.807) is 0 Å². The van der Waals surface area contributed by atoms with Crippen molar-refractivity contribution in [2.24, 2.45) is 5.41 Å². The summed E-state index contributed by atoms with van der Waals surface area (Å²) in [6.07, 6.45) is 7.51. The maximum absolute atomic E-state index is 2.46. The Kier molecular flexibility index (Phi) is 3.57. The SMILES string of the molecule is CC.CN1CCC2(CCC2)CC1. The molecule has 0 aromatic rings. The summed E-state index contributed by atoms with van der Waals surface area (Å²) in [5, 5.41) is 0. The van der Waals surface area contributed by atoms with Crippen LogP contribution in [0.2, 0.25) is 0 Å². The summed E-state index contributed by atoms with van der Waals surface area (Å²) < 4.78 is 0. The smallest absolute Gasteiger partial charge is 0.00165 e. The normalized spacial score (nSPS) is 27.2. The predicted molar refractivity (Wildman–Crippen MR) is 54.4 cm³/mol. The zero-order valence-electron chi connectivity index (χ0n) is 8.90. The van der Waals surface area contributed by atoms with Crippen molar-refractivity contribution in [3.63, 3.8) is 0 Å². The molecule has 0 bridgehead atoms. The summed E-state index contributed by atoms with van der Waals surface area (Å²) in [6, 6.07) is 0. The van der Waals surface area contributed by atoms with Gasteiger partial charge in [0.25, 0.3) is 0 Å². The van der Waals surface area contributed by atoms with Crippen LogP contribution >= 0.6 is 0 Å². The number of nitrogens with zero attached hydrogens (tertiary/aromatic N) is 1. The lowest BCUT2D eigenvalue weighted by atomic mass is 9.63. The van der Waals surface area contributed by atoms with E-state index in [9.17, 15) is 0 Å². The Morgan fingerprint density at radius 1 is 0.917 bits per heavy atom. The van der Waals surface area contributed by atoms with Gasteiger partial charge in [-0.2, -0.15) is 0 Å². The lowest BCUT2D eigenvalue weighted by Crippen LogP contribution is -2.41. The Balaban J connectivity index is 0.000000336. The van der Waals surface area contributed by atoms with Crippen LogP contribution in [0.4, 0.5) is 0 Å². The molecule has 0 N–H and O–H groups in total. The molecule has 0 unspecified atom stereocenters. The van der Waals surface area contributed by atoms with E-state index in [-0.39, 0.29) is 0 Å². The molecular weight excluding hydrogens is 146 g/mol. The first kappa shape index (κ1) is 10.0. The molecule has 2 aliphatic rings. The minimum atomic E-state index is 0.840. The van der Waals surface area contributed by atoms with E-state index in [1.807, 2.05) is 13.8 Å². The molecule has 72 valence electrons. The highest BCUT2D eigenvalue weighted by molar-refractivity contribution is 4.91. The summed E-state index contributed by atoms with van der Waals surface area (Å²) >= 11 is 0. The molecule has 12 heavy (non-hydrogen) atoms. The summed E-state index contributed by atoms with van der Waals surface area (Å²) in [4.78, 5) is 2.46. The van der Waals surface area contributed by atoms with Crippen molar-refractivity contribution < 1.29 is 0 Å². The monoisotopic (exact) mass is 169 g/mol. The zero-order valence-corrected chi connectivity index (χ0v) is 8.90. The lowest BCUT2D eigenvalue weighted by Gasteiger charge is -2.47. The molecule has 0 aromatic carbocycles. The van der Waals surface area contributed by atoms with Gasteiger partial charge in [-0.25, -0.2) is 0 Å². The fourth-order valence-electron chi connectivity index (χ4n) is 2.27. The Bertz CT molecular complexity index is 117. The highest BCUT2D eigenvalue weighted by Gasteiger charge is 2.38. The lowest BCUT2D eigenvalue weighted by molar-refractivity contribution is 0.0434. The fraction of sp³-hybridized carbons (Fsp3) is 1.00. The van der Waals surface area contributed by atoms with Crippen molar-refractivity contribution in [1.82, 2.24) is 4.90 Å².